The number of carbonyl (C=O) groups excluding carboxylic acids is 1. The van der Waals surface area contributed by atoms with Crippen LogP contribution in [0, 0.1) is 0 Å². The van der Waals surface area contributed by atoms with Crippen molar-refractivity contribution in [3.63, 3.8) is 0 Å². The van der Waals surface area contributed by atoms with E-state index in [2.05, 4.69) is 42.4 Å². The summed E-state index contributed by atoms with van der Waals surface area (Å²) < 4.78 is 18.8. The Kier molecular flexibility index (Phi) is 14.1. The number of likely N-dealkylation sites (N-methyl/N-ethyl adjacent to an activating group) is 2. The van der Waals surface area contributed by atoms with E-state index < -0.39 is 7.14 Å². The van der Waals surface area contributed by atoms with Crippen molar-refractivity contribution in [1.29, 1.82) is 0 Å². The third-order valence-electron chi connectivity index (χ3n) is 6.18. The summed E-state index contributed by atoms with van der Waals surface area (Å²) in [7, 11) is -2.44. The van der Waals surface area contributed by atoms with Gasteiger partial charge in [0.25, 0.3) is 0 Å². The molecule has 1 aromatic carbocycles. The number of hydrogen-bond donors (Lipinski definition) is 0. The molecule has 0 aliphatic heterocycles. The first-order valence-corrected chi connectivity index (χ1v) is 14.8. The molecule has 0 N–H and O–H groups in total. The summed E-state index contributed by atoms with van der Waals surface area (Å²) in [5, 5.41) is 0. The summed E-state index contributed by atoms with van der Waals surface area (Å²) in [6, 6.07) is 9.72. The molecule has 0 bridgehead atoms. The van der Waals surface area contributed by atoms with Crippen molar-refractivity contribution in [3.8, 4) is 0 Å². The van der Waals surface area contributed by atoms with Crippen LogP contribution in [-0.2, 0) is 20.7 Å². The molecule has 184 valence electrons. The fraction of sp³-hybridized carbons (Fsp3) is 0.720. The van der Waals surface area contributed by atoms with Gasteiger partial charge in [0.15, 0.2) is 0 Å². The minimum absolute atomic E-state index is 0.113. The second-order valence-corrected chi connectivity index (χ2v) is 12.2. The summed E-state index contributed by atoms with van der Waals surface area (Å²) in [6.45, 7) is 20.3. The number of rotatable bonds is 17. The molecule has 0 aliphatic rings. The van der Waals surface area contributed by atoms with Crippen LogP contribution in [0.3, 0.4) is 0 Å². The van der Waals surface area contributed by atoms with E-state index in [0.29, 0.717) is 6.42 Å². The third-order valence-corrected chi connectivity index (χ3v) is 8.20. The van der Waals surface area contributed by atoms with Gasteiger partial charge in [-0.05, 0) is 51.5 Å². The molecular weight excluding hydrogens is 421 g/mol. The number of esters is 1. The van der Waals surface area contributed by atoms with E-state index in [-0.39, 0.29) is 24.8 Å². The fourth-order valence-electron chi connectivity index (χ4n) is 3.97. The lowest BCUT2D eigenvalue weighted by Crippen LogP contribution is -2.45. The molecule has 0 aliphatic carbocycles. The Morgan fingerprint density at radius 2 is 1.38 bits per heavy atom. The van der Waals surface area contributed by atoms with Gasteiger partial charge in [-0.1, -0.05) is 58.0 Å². The van der Waals surface area contributed by atoms with Crippen LogP contribution in [0.2, 0.25) is 0 Å². The number of carbonyl (C=O) groups is 1. The largest absolute Gasteiger partial charge is 0.461 e. The Labute approximate surface area is 196 Å². The molecule has 1 rings (SSSR count). The Bertz CT molecular complexity index is 656. The predicted octanol–water partition coefficient (Wildman–Crippen LogP) is 4.44. The van der Waals surface area contributed by atoms with Crippen molar-refractivity contribution in [1.82, 2.24) is 14.7 Å². The zero-order valence-corrected chi connectivity index (χ0v) is 22.2. The quantitative estimate of drug-likeness (QED) is 0.249. The van der Waals surface area contributed by atoms with Crippen molar-refractivity contribution < 1.29 is 14.1 Å². The minimum atomic E-state index is -2.44. The lowest BCUT2D eigenvalue weighted by atomic mass is 10.2. The van der Waals surface area contributed by atoms with Gasteiger partial charge in [-0.25, -0.2) is 0 Å². The molecule has 0 heterocycles. The van der Waals surface area contributed by atoms with Gasteiger partial charge < -0.3 is 19.1 Å². The first-order valence-electron chi connectivity index (χ1n) is 12.2. The zero-order valence-electron chi connectivity index (χ0n) is 21.3. The Morgan fingerprint density at radius 1 is 0.875 bits per heavy atom. The summed E-state index contributed by atoms with van der Waals surface area (Å²) in [5.74, 6) is -0.336. The summed E-state index contributed by atoms with van der Waals surface area (Å²) >= 11 is 0. The average Bonchev–Trinajstić information content (AvgIpc) is 2.78. The van der Waals surface area contributed by atoms with Gasteiger partial charge in [0, 0.05) is 32.6 Å². The lowest BCUT2D eigenvalue weighted by Gasteiger charge is -2.36. The molecule has 1 atom stereocenters. The van der Waals surface area contributed by atoms with Gasteiger partial charge in [-0.3, -0.25) is 9.69 Å². The van der Waals surface area contributed by atoms with E-state index in [1.807, 2.05) is 43.7 Å². The third kappa shape index (κ3) is 11.1. The first-order chi connectivity index (χ1) is 15.2. The van der Waals surface area contributed by atoms with Crippen LogP contribution in [0.5, 0.6) is 0 Å². The Balaban J connectivity index is 2.81. The standard InChI is InChI=1S/C25H46N3O3P/c1-7-26(8-2)18-20-28(21-19-27(9-3)10-4)24(32(5,6)30)16-17-25(29)31-22-23-14-12-11-13-15-23/h11-15,24H,7-10,16-22H2,1-6H3. The van der Waals surface area contributed by atoms with Crippen LogP contribution in [0.15, 0.2) is 30.3 Å². The van der Waals surface area contributed by atoms with Crippen molar-refractivity contribution in [2.75, 3.05) is 65.7 Å². The summed E-state index contributed by atoms with van der Waals surface area (Å²) in [4.78, 5) is 19.6. The molecular formula is C25H46N3O3P. The highest BCUT2D eigenvalue weighted by Crippen LogP contribution is 2.46. The second kappa shape index (κ2) is 15.6. The molecule has 7 heteroatoms. The van der Waals surface area contributed by atoms with Gasteiger partial charge in [0.2, 0.25) is 0 Å². The molecule has 0 amide bonds. The van der Waals surface area contributed by atoms with Gasteiger partial charge in [-0.15, -0.1) is 0 Å². The van der Waals surface area contributed by atoms with Crippen LogP contribution in [0.25, 0.3) is 0 Å². The normalized spacial score (nSPS) is 13.2. The van der Waals surface area contributed by atoms with E-state index >= 15 is 0 Å². The zero-order chi connectivity index (χ0) is 24.0. The summed E-state index contributed by atoms with van der Waals surface area (Å²) in [6.07, 6.45) is 0.852. The highest BCUT2D eigenvalue weighted by atomic mass is 31.2. The van der Waals surface area contributed by atoms with E-state index in [1.54, 1.807) is 0 Å². The average molecular weight is 468 g/mol. The minimum Gasteiger partial charge on any atom is -0.461 e. The van der Waals surface area contributed by atoms with E-state index in [4.69, 9.17) is 4.74 Å². The molecule has 0 fully saturated rings. The maximum Gasteiger partial charge on any atom is 0.306 e. The number of nitrogens with zero attached hydrogens (tertiary/aromatic N) is 3. The van der Waals surface area contributed by atoms with Crippen LogP contribution in [0.4, 0.5) is 0 Å². The number of benzene rings is 1. The molecule has 0 spiro atoms. The molecule has 6 nitrogen and oxygen atoms in total. The molecule has 0 aromatic heterocycles. The molecule has 32 heavy (non-hydrogen) atoms. The van der Waals surface area contributed by atoms with Crippen LogP contribution in [0.1, 0.15) is 46.1 Å². The van der Waals surface area contributed by atoms with Crippen LogP contribution >= 0.6 is 7.14 Å². The predicted molar refractivity (Wildman–Crippen MR) is 136 cm³/mol. The molecule has 0 saturated carbocycles. The van der Waals surface area contributed by atoms with Crippen molar-refractivity contribution in [2.24, 2.45) is 0 Å². The van der Waals surface area contributed by atoms with Crippen molar-refractivity contribution in [3.05, 3.63) is 35.9 Å². The topological polar surface area (TPSA) is 53.1 Å². The monoisotopic (exact) mass is 467 g/mol. The van der Waals surface area contributed by atoms with E-state index in [9.17, 15) is 9.36 Å². The molecule has 1 unspecified atom stereocenters. The maximum absolute atomic E-state index is 13.3. The maximum atomic E-state index is 13.3. The van der Waals surface area contributed by atoms with Gasteiger partial charge >= 0.3 is 5.97 Å². The smallest absolute Gasteiger partial charge is 0.306 e. The molecule has 1 aromatic rings. The van der Waals surface area contributed by atoms with Crippen LogP contribution < -0.4 is 0 Å². The van der Waals surface area contributed by atoms with E-state index in [1.165, 1.54) is 0 Å². The SMILES string of the molecule is CCN(CC)CCN(CCN(CC)CC)C(CCC(=O)OCc1ccccc1)P(C)(C)=O. The highest BCUT2D eigenvalue weighted by Gasteiger charge is 2.30. The first kappa shape index (κ1) is 28.8. The van der Waals surface area contributed by atoms with Crippen molar-refractivity contribution >= 4 is 13.1 Å². The lowest BCUT2D eigenvalue weighted by molar-refractivity contribution is -0.145. The van der Waals surface area contributed by atoms with E-state index in [0.717, 1.165) is 57.9 Å². The number of ether oxygens (including phenoxy) is 1. The van der Waals surface area contributed by atoms with Crippen LogP contribution in [-0.4, -0.2) is 92.1 Å². The van der Waals surface area contributed by atoms with Crippen molar-refractivity contribution in [2.45, 2.75) is 52.9 Å². The Hall–Kier alpha value is -1.20. The molecule has 0 saturated heterocycles. The molecule has 0 radical (unpaired) electrons. The van der Waals surface area contributed by atoms with Gasteiger partial charge in [0.1, 0.15) is 6.61 Å². The Morgan fingerprint density at radius 3 is 1.81 bits per heavy atom. The van der Waals surface area contributed by atoms with Gasteiger partial charge in [0.05, 0.1) is 12.9 Å². The highest BCUT2D eigenvalue weighted by molar-refractivity contribution is 7.63. The fourth-order valence-corrected chi connectivity index (χ4v) is 5.74. The second-order valence-electron chi connectivity index (χ2n) is 8.69. The summed E-state index contributed by atoms with van der Waals surface area (Å²) in [5.41, 5.74) is 0.981. The van der Waals surface area contributed by atoms with Gasteiger partial charge in [-0.2, -0.15) is 0 Å². The number of hydrogen-bond acceptors (Lipinski definition) is 6.